The van der Waals surface area contributed by atoms with Gasteiger partial charge in [0.05, 0.1) is 90.7 Å². The Labute approximate surface area is 254 Å². The second kappa shape index (κ2) is 20.8. The van der Waals surface area contributed by atoms with E-state index in [9.17, 15) is 0 Å². The Balaban J connectivity index is 1.20. The molecule has 0 amide bonds. The zero-order valence-corrected chi connectivity index (χ0v) is 25.3. The Morgan fingerprint density at radius 2 is 0.791 bits per heavy atom. The summed E-state index contributed by atoms with van der Waals surface area (Å²) < 4.78 is 56.8. The van der Waals surface area contributed by atoms with Gasteiger partial charge in [-0.2, -0.15) is 0 Å². The lowest BCUT2D eigenvalue weighted by Crippen LogP contribution is -2.13. The van der Waals surface area contributed by atoms with Crippen LogP contribution in [0.4, 0.5) is 0 Å². The van der Waals surface area contributed by atoms with Gasteiger partial charge >= 0.3 is 0 Å². The topological polar surface area (TPSA) is 105 Å². The van der Waals surface area contributed by atoms with Crippen molar-refractivity contribution < 1.29 is 46.9 Å². The minimum absolute atomic E-state index is 0.231. The number of pyridine rings is 1. The quantitative estimate of drug-likeness (QED) is 0.330. The summed E-state index contributed by atoms with van der Waals surface area (Å²) >= 11 is 0. The van der Waals surface area contributed by atoms with Gasteiger partial charge in [-0.05, 0) is 36.4 Å². The van der Waals surface area contributed by atoms with Crippen LogP contribution in [-0.2, 0) is 41.6 Å². The Bertz CT molecular complexity index is 1090. The van der Waals surface area contributed by atoms with E-state index in [1.54, 1.807) is 0 Å². The molecule has 6 bridgehead atoms. The van der Waals surface area contributed by atoms with Gasteiger partial charge in [-0.1, -0.05) is 18.2 Å². The maximum atomic E-state index is 5.77. The zero-order chi connectivity index (χ0) is 29.6. The van der Waals surface area contributed by atoms with Crippen molar-refractivity contribution in [2.75, 3.05) is 79.3 Å². The highest BCUT2D eigenvalue weighted by atomic mass is 31.1. The minimum atomic E-state index is -0.231. The smallest absolute Gasteiger partial charge is 0.275 e. The first-order valence-corrected chi connectivity index (χ1v) is 15.1. The van der Waals surface area contributed by atoms with E-state index >= 15 is 0 Å². The summed E-state index contributed by atoms with van der Waals surface area (Å²) in [5.41, 5.74) is 1.69. The van der Waals surface area contributed by atoms with Crippen LogP contribution in [0.15, 0.2) is 66.7 Å². The molecule has 12 heteroatoms. The van der Waals surface area contributed by atoms with Crippen LogP contribution in [0, 0.1) is 0 Å². The Morgan fingerprint density at radius 3 is 1.26 bits per heavy atom. The van der Waals surface area contributed by atoms with E-state index in [2.05, 4.69) is 4.98 Å². The molecule has 0 saturated heterocycles. The lowest BCUT2D eigenvalue weighted by atomic mass is 10.3. The van der Waals surface area contributed by atoms with Crippen molar-refractivity contribution in [3.63, 3.8) is 0 Å². The lowest BCUT2D eigenvalue weighted by Gasteiger charge is -2.11. The van der Waals surface area contributed by atoms with E-state index in [1.807, 2.05) is 66.7 Å². The summed E-state index contributed by atoms with van der Waals surface area (Å²) in [6.07, 6.45) is 0. The third-order valence-electron chi connectivity index (χ3n) is 5.78. The Morgan fingerprint density at radius 1 is 0.419 bits per heavy atom. The number of ether oxygens (including phenoxy) is 8. The predicted molar refractivity (Wildman–Crippen MR) is 160 cm³/mol. The summed E-state index contributed by atoms with van der Waals surface area (Å²) in [7, 11) is -0.231. The Kier molecular flexibility index (Phi) is 15.9. The number of hydrogen-bond donors (Lipinski definition) is 0. The molecule has 11 nitrogen and oxygen atoms in total. The van der Waals surface area contributed by atoms with E-state index in [-0.39, 0.29) is 9.03 Å². The summed E-state index contributed by atoms with van der Waals surface area (Å²) in [6, 6.07) is 20.6. The first-order valence-electron chi connectivity index (χ1n) is 14.3. The van der Waals surface area contributed by atoms with E-state index < -0.39 is 0 Å². The molecule has 0 unspecified atom stereocenters. The molecule has 3 aromatic rings. The molecule has 0 aliphatic carbocycles. The Hall–Kier alpha value is -3.02. The summed E-state index contributed by atoms with van der Waals surface area (Å²) in [4.78, 5) is 4.58. The van der Waals surface area contributed by atoms with Crippen molar-refractivity contribution in [2.45, 2.75) is 13.2 Å². The molecule has 0 N–H and O–H groups in total. The molecule has 0 atom stereocenters. The van der Waals surface area contributed by atoms with Crippen LogP contribution >= 0.6 is 9.03 Å². The first kappa shape index (κ1) is 32.9. The fourth-order valence-electron chi connectivity index (χ4n) is 3.73. The number of nitrogens with zero attached hydrogens (tertiary/aromatic N) is 1. The molecule has 1 aliphatic heterocycles. The normalized spacial score (nSPS) is 18.0. The van der Waals surface area contributed by atoms with Gasteiger partial charge in [-0.3, -0.25) is 4.98 Å². The minimum Gasteiger partial charge on any atom is -0.491 e. The predicted octanol–water partition coefficient (Wildman–Crippen LogP) is 4.62. The summed E-state index contributed by atoms with van der Waals surface area (Å²) in [5, 5.41) is 0. The zero-order valence-electron chi connectivity index (χ0n) is 24.3. The highest BCUT2D eigenvalue weighted by Gasteiger charge is 2.04. The van der Waals surface area contributed by atoms with E-state index in [0.29, 0.717) is 115 Å². The van der Waals surface area contributed by atoms with Gasteiger partial charge in [0.2, 0.25) is 0 Å². The molecule has 1 aliphatic rings. The molecular formula is C31H40NO10P. The van der Waals surface area contributed by atoms with Gasteiger partial charge in [-0.15, -0.1) is 0 Å². The van der Waals surface area contributed by atoms with Gasteiger partial charge in [0.1, 0.15) is 36.2 Å². The van der Waals surface area contributed by atoms with E-state index in [1.165, 1.54) is 0 Å². The maximum Gasteiger partial charge on any atom is 0.275 e. The van der Waals surface area contributed by atoms with Gasteiger partial charge in [0, 0.05) is 12.1 Å². The highest BCUT2D eigenvalue weighted by molar-refractivity contribution is 7.27. The van der Waals surface area contributed by atoms with Crippen LogP contribution in [0.3, 0.4) is 0 Å². The van der Waals surface area contributed by atoms with Gasteiger partial charge in [0.15, 0.2) is 0 Å². The van der Waals surface area contributed by atoms with Crippen molar-refractivity contribution in [1.82, 2.24) is 4.98 Å². The number of hydrogen-bond acceptors (Lipinski definition) is 11. The first-order chi connectivity index (χ1) is 21.3. The van der Waals surface area contributed by atoms with Crippen LogP contribution < -0.4 is 18.5 Å². The molecule has 0 radical (unpaired) electrons. The lowest BCUT2D eigenvalue weighted by molar-refractivity contribution is 0.00415. The maximum absolute atomic E-state index is 5.77. The summed E-state index contributed by atoms with van der Waals surface area (Å²) in [6.45, 7) is 6.31. The second-order valence-corrected chi connectivity index (χ2v) is 9.68. The largest absolute Gasteiger partial charge is 0.491 e. The molecule has 234 valence electrons. The number of rotatable bonds is 0. The van der Waals surface area contributed by atoms with E-state index in [0.717, 1.165) is 11.4 Å². The summed E-state index contributed by atoms with van der Waals surface area (Å²) in [5.74, 6) is 2.67. The molecule has 4 rings (SSSR count). The van der Waals surface area contributed by atoms with Crippen molar-refractivity contribution in [3.05, 3.63) is 78.1 Å². The fourth-order valence-corrected chi connectivity index (χ4v) is 4.22. The standard InChI is InChI=1S/C31H40NO10P/c1-4-26-24-37-16-14-33-10-12-35-18-20-39-28-6-2-8-30(22-28)41-43-42-31-9-3-7-29(23-31)40-21-19-36-13-11-34-15-17-38-25-27(5-1)32-26/h1-9,22-23,43H,10-21,24-25H2. The van der Waals surface area contributed by atoms with Gasteiger partial charge in [-0.25, -0.2) is 0 Å². The van der Waals surface area contributed by atoms with Crippen LogP contribution in [0.2, 0.25) is 0 Å². The number of aromatic nitrogens is 1. The van der Waals surface area contributed by atoms with Crippen LogP contribution in [0.1, 0.15) is 11.4 Å². The molecule has 2 heterocycles. The molecular weight excluding hydrogens is 577 g/mol. The highest BCUT2D eigenvalue weighted by Crippen LogP contribution is 2.29. The number of fused-ring (bicyclic) bond motifs is 6. The second-order valence-electron chi connectivity index (χ2n) is 9.11. The molecule has 0 fully saturated rings. The SMILES string of the molecule is c1cc2cc(c1)OPOc1cccc(c1)OCCOCCOCCOCc1cccc(n1)COCCOCCOCCO2. The average molecular weight is 618 g/mol. The molecule has 1 aromatic heterocycles. The molecule has 2 aromatic carbocycles. The van der Waals surface area contributed by atoms with Gasteiger partial charge in [0.25, 0.3) is 9.03 Å². The molecule has 43 heavy (non-hydrogen) atoms. The third kappa shape index (κ3) is 14.3. The monoisotopic (exact) mass is 617 g/mol. The fraction of sp³-hybridized carbons (Fsp3) is 0.452. The van der Waals surface area contributed by atoms with Crippen molar-refractivity contribution in [3.8, 4) is 23.0 Å². The van der Waals surface area contributed by atoms with E-state index in [4.69, 9.17) is 46.9 Å². The van der Waals surface area contributed by atoms with Crippen LogP contribution in [-0.4, -0.2) is 84.3 Å². The number of benzene rings is 2. The van der Waals surface area contributed by atoms with Crippen LogP contribution in [0.25, 0.3) is 0 Å². The molecule has 0 spiro atoms. The molecule has 0 saturated carbocycles. The van der Waals surface area contributed by atoms with Crippen molar-refractivity contribution in [2.24, 2.45) is 0 Å². The van der Waals surface area contributed by atoms with Crippen molar-refractivity contribution in [1.29, 1.82) is 0 Å². The van der Waals surface area contributed by atoms with Crippen LogP contribution in [0.5, 0.6) is 23.0 Å². The van der Waals surface area contributed by atoms with Gasteiger partial charge < -0.3 is 46.9 Å². The average Bonchev–Trinajstić information content (AvgIpc) is 3.03. The third-order valence-corrected chi connectivity index (χ3v) is 6.41. The van der Waals surface area contributed by atoms with Crippen molar-refractivity contribution >= 4 is 9.03 Å².